The van der Waals surface area contributed by atoms with E-state index in [1.807, 2.05) is 24.3 Å². The topological polar surface area (TPSA) is 114 Å². The van der Waals surface area contributed by atoms with Crippen molar-refractivity contribution in [3.63, 3.8) is 0 Å². The smallest absolute Gasteiger partial charge is 0.289 e. The van der Waals surface area contributed by atoms with Crippen molar-refractivity contribution in [2.45, 2.75) is 13.5 Å². The maximum atomic E-state index is 12.7. The van der Waals surface area contributed by atoms with Gasteiger partial charge in [0.25, 0.3) is 11.6 Å². The van der Waals surface area contributed by atoms with Gasteiger partial charge in [-0.3, -0.25) is 14.9 Å². The monoisotopic (exact) mass is 545 g/mol. The minimum atomic E-state index is -0.776. The van der Waals surface area contributed by atoms with Crippen LogP contribution in [0.15, 0.2) is 60.2 Å². The molecule has 0 aliphatic rings. The highest BCUT2D eigenvalue weighted by Crippen LogP contribution is 2.38. The van der Waals surface area contributed by atoms with Gasteiger partial charge < -0.3 is 14.8 Å². The maximum Gasteiger partial charge on any atom is 0.289 e. The Morgan fingerprint density at radius 2 is 1.83 bits per heavy atom. The van der Waals surface area contributed by atoms with Crippen molar-refractivity contribution in [2.75, 3.05) is 11.9 Å². The van der Waals surface area contributed by atoms with Crippen LogP contribution in [0.3, 0.4) is 0 Å². The molecule has 0 fully saturated rings. The highest BCUT2D eigenvalue weighted by molar-refractivity contribution is 6.33. The molecule has 11 heteroatoms. The molecule has 3 rings (SSSR count). The van der Waals surface area contributed by atoms with Crippen LogP contribution in [-0.2, 0) is 11.4 Å². The fourth-order valence-electron chi connectivity index (χ4n) is 3.08. The molecule has 0 heterocycles. The first-order chi connectivity index (χ1) is 17.2. The average Bonchev–Trinajstić information content (AvgIpc) is 2.84. The summed E-state index contributed by atoms with van der Waals surface area (Å²) in [5, 5.41) is 23.7. The van der Waals surface area contributed by atoms with E-state index in [4.69, 9.17) is 44.3 Å². The molecule has 1 amide bonds. The summed E-state index contributed by atoms with van der Waals surface area (Å²) in [7, 11) is 0. The quantitative estimate of drug-likeness (QED) is 0.133. The minimum Gasteiger partial charge on any atom is -0.490 e. The number of nitro groups is 1. The zero-order chi connectivity index (χ0) is 26.2. The Bertz CT molecular complexity index is 1390. The van der Waals surface area contributed by atoms with Crippen LogP contribution in [-0.4, -0.2) is 17.4 Å². The van der Waals surface area contributed by atoms with Gasteiger partial charge in [-0.15, -0.1) is 0 Å². The first-order valence-corrected chi connectivity index (χ1v) is 11.6. The van der Waals surface area contributed by atoms with Crippen LogP contribution in [0.4, 0.5) is 11.4 Å². The number of carbonyl (C=O) groups excluding carboxylic acids is 1. The van der Waals surface area contributed by atoms with Crippen LogP contribution in [0, 0.1) is 21.4 Å². The van der Waals surface area contributed by atoms with Crippen molar-refractivity contribution in [1.82, 2.24) is 0 Å². The third-order valence-electron chi connectivity index (χ3n) is 4.74. The van der Waals surface area contributed by atoms with Gasteiger partial charge in [0.2, 0.25) is 0 Å². The van der Waals surface area contributed by atoms with Gasteiger partial charge in [-0.25, -0.2) is 0 Å². The number of hydrogen-bond acceptors (Lipinski definition) is 6. The van der Waals surface area contributed by atoms with E-state index in [1.165, 1.54) is 24.3 Å². The number of nitriles is 1. The Morgan fingerprint density at radius 3 is 2.50 bits per heavy atom. The molecule has 0 aromatic heterocycles. The van der Waals surface area contributed by atoms with E-state index in [2.05, 4.69) is 5.32 Å². The third-order valence-corrected chi connectivity index (χ3v) is 5.71. The maximum absolute atomic E-state index is 12.7. The number of anilines is 1. The van der Waals surface area contributed by atoms with Gasteiger partial charge in [0.1, 0.15) is 23.3 Å². The van der Waals surface area contributed by atoms with Crippen molar-refractivity contribution in [2.24, 2.45) is 0 Å². The van der Waals surface area contributed by atoms with Crippen LogP contribution < -0.4 is 14.8 Å². The molecule has 3 aromatic carbocycles. The van der Waals surface area contributed by atoms with Crippen LogP contribution >= 0.6 is 34.8 Å². The van der Waals surface area contributed by atoms with Crippen molar-refractivity contribution < 1.29 is 19.2 Å². The second-order valence-electron chi connectivity index (χ2n) is 7.19. The summed E-state index contributed by atoms with van der Waals surface area (Å²) in [6.07, 6.45) is 1.31. The molecule has 0 atom stereocenters. The number of carbonyl (C=O) groups is 1. The van der Waals surface area contributed by atoms with Crippen molar-refractivity contribution in [3.8, 4) is 17.6 Å². The van der Waals surface area contributed by atoms with Gasteiger partial charge in [0.05, 0.1) is 16.6 Å². The number of amides is 1. The van der Waals surface area contributed by atoms with E-state index in [1.54, 1.807) is 19.1 Å². The molecular weight excluding hydrogens is 529 g/mol. The number of nitro benzene ring substituents is 1. The molecule has 0 saturated carbocycles. The van der Waals surface area contributed by atoms with Gasteiger partial charge >= 0.3 is 0 Å². The van der Waals surface area contributed by atoms with E-state index in [9.17, 15) is 20.2 Å². The number of rotatable bonds is 9. The van der Waals surface area contributed by atoms with Crippen LogP contribution in [0.5, 0.6) is 11.5 Å². The molecular formula is C25H18Cl3N3O5. The molecule has 1 N–H and O–H groups in total. The summed E-state index contributed by atoms with van der Waals surface area (Å²) in [6, 6.07) is 15.9. The lowest BCUT2D eigenvalue weighted by Crippen LogP contribution is -2.13. The van der Waals surface area contributed by atoms with Gasteiger partial charge in [-0.05, 0) is 48.9 Å². The number of nitrogens with one attached hydrogen (secondary N) is 1. The van der Waals surface area contributed by atoms with E-state index < -0.39 is 10.8 Å². The molecule has 8 nitrogen and oxygen atoms in total. The van der Waals surface area contributed by atoms with E-state index in [-0.39, 0.29) is 39.3 Å². The van der Waals surface area contributed by atoms with Gasteiger partial charge in [0, 0.05) is 22.3 Å². The van der Waals surface area contributed by atoms with Crippen LogP contribution in [0.2, 0.25) is 15.1 Å². The fraction of sp³-hybridized carbons (Fsp3) is 0.120. The number of hydrogen-bond donors (Lipinski definition) is 1. The number of ether oxygens (including phenoxy) is 2. The predicted molar refractivity (Wildman–Crippen MR) is 139 cm³/mol. The lowest BCUT2D eigenvalue weighted by atomic mass is 10.1. The molecule has 184 valence electrons. The average molecular weight is 547 g/mol. The molecule has 0 unspecified atom stereocenters. The number of halogens is 3. The van der Waals surface area contributed by atoms with Gasteiger partial charge in [0.15, 0.2) is 11.5 Å². The molecule has 0 radical (unpaired) electrons. The molecule has 0 aliphatic heterocycles. The van der Waals surface area contributed by atoms with E-state index in [0.29, 0.717) is 22.9 Å². The third kappa shape index (κ3) is 6.67. The number of benzene rings is 3. The Hall–Kier alpha value is -3.77. The zero-order valence-corrected chi connectivity index (χ0v) is 21.0. The molecule has 0 spiro atoms. The van der Waals surface area contributed by atoms with Crippen LogP contribution in [0.1, 0.15) is 18.1 Å². The van der Waals surface area contributed by atoms with E-state index in [0.717, 1.165) is 11.6 Å². The first kappa shape index (κ1) is 26.8. The lowest BCUT2D eigenvalue weighted by Gasteiger charge is -2.15. The minimum absolute atomic E-state index is 0.0796. The largest absolute Gasteiger partial charge is 0.490 e. The molecule has 0 saturated heterocycles. The van der Waals surface area contributed by atoms with Crippen molar-refractivity contribution >= 4 is 58.2 Å². The zero-order valence-electron chi connectivity index (χ0n) is 18.8. The predicted octanol–water partition coefficient (Wildman–Crippen LogP) is 7.08. The lowest BCUT2D eigenvalue weighted by molar-refractivity contribution is -0.384. The SMILES string of the molecule is CCOc1cc(/C=C(\C#N)C(=O)Nc2ccc(Cl)c([N+](=O)[O-])c2)cc(Cl)c1OCc1ccccc1Cl. The summed E-state index contributed by atoms with van der Waals surface area (Å²) >= 11 is 18.4. The first-order valence-electron chi connectivity index (χ1n) is 10.4. The molecule has 3 aromatic rings. The second-order valence-corrected chi connectivity index (χ2v) is 8.41. The van der Waals surface area contributed by atoms with Crippen molar-refractivity contribution in [3.05, 3.63) is 96.5 Å². The fourth-order valence-corrected chi connectivity index (χ4v) is 3.73. The highest BCUT2D eigenvalue weighted by Gasteiger charge is 2.17. The summed E-state index contributed by atoms with van der Waals surface area (Å²) in [4.78, 5) is 23.1. The summed E-state index contributed by atoms with van der Waals surface area (Å²) in [5.41, 5.74) is 0.622. The number of nitrogens with zero attached hydrogens (tertiary/aromatic N) is 2. The Balaban J connectivity index is 1.86. The molecule has 36 heavy (non-hydrogen) atoms. The second kappa shape index (κ2) is 12.3. The Labute approximate surface area is 221 Å². The molecule has 0 aliphatic carbocycles. The Morgan fingerprint density at radius 1 is 1.08 bits per heavy atom. The molecule has 0 bridgehead atoms. The standard InChI is InChI=1S/C25H18Cl3N3O5/c1-2-35-23-11-15(10-21(28)24(23)36-14-16-5-3-4-6-19(16)26)9-17(13-29)25(32)30-18-7-8-20(27)22(12-18)31(33)34/h3-12H,2,14H2,1H3,(H,30,32)/b17-9+. The van der Waals surface area contributed by atoms with Gasteiger partial charge in [-0.2, -0.15) is 5.26 Å². The normalized spacial score (nSPS) is 10.9. The van der Waals surface area contributed by atoms with E-state index >= 15 is 0 Å². The summed E-state index contributed by atoms with van der Waals surface area (Å²) < 4.78 is 11.5. The van der Waals surface area contributed by atoms with Gasteiger partial charge in [-0.1, -0.05) is 53.0 Å². The Kier molecular flexibility index (Phi) is 9.14. The van der Waals surface area contributed by atoms with Crippen LogP contribution in [0.25, 0.3) is 6.08 Å². The highest BCUT2D eigenvalue weighted by atomic mass is 35.5. The summed E-state index contributed by atoms with van der Waals surface area (Å²) in [5.74, 6) is -0.177. The summed E-state index contributed by atoms with van der Waals surface area (Å²) in [6.45, 7) is 2.24. The van der Waals surface area contributed by atoms with Crippen molar-refractivity contribution in [1.29, 1.82) is 5.26 Å².